The van der Waals surface area contributed by atoms with E-state index in [1.165, 1.54) is 17.0 Å². The number of halogens is 3. The molecule has 0 saturated carbocycles. The lowest BCUT2D eigenvalue weighted by molar-refractivity contribution is -0.203. The fourth-order valence-electron chi connectivity index (χ4n) is 0.882. The maximum atomic E-state index is 11.9. The van der Waals surface area contributed by atoms with Gasteiger partial charge >= 0.3 is 6.18 Å². The topological polar surface area (TPSA) is 38.0 Å². The maximum Gasteiger partial charge on any atom is 0.414 e. The average Bonchev–Trinajstić information content (AvgIpc) is 2.34. The predicted molar refractivity (Wildman–Crippen MR) is 39.0 cm³/mol. The van der Waals surface area contributed by atoms with Crippen LogP contribution in [0.15, 0.2) is 12.4 Å². The minimum absolute atomic E-state index is 0.213. The first kappa shape index (κ1) is 10.0. The van der Waals surface area contributed by atoms with Gasteiger partial charge in [0.05, 0.1) is 0 Å². The molecule has 0 unspecified atom stereocenters. The van der Waals surface area contributed by atoms with Crippen molar-refractivity contribution in [2.24, 2.45) is 7.05 Å². The van der Waals surface area contributed by atoms with E-state index in [9.17, 15) is 13.2 Å². The molecule has 6 heteroatoms. The lowest BCUT2D eigenvalue weighted by Crippen LogP contribution is -2.31. The summed E-state index contributed by atoms with van der Waals surface area (Å²) < 4.78 is 37.1. The first-order chi connectivity index (χ1) is 5.91. The van der Waals surface area contributed by atoms with Crippen molar-refractivity contribution in [3.8, 4) is 0 Å². The van der Waals surface area contributed by atoms with Gasteiger partial charge in [-0.15, -0.1) is 0 Å². The molecule has 1 aromatic heterocycles. The smallest absolute Gasteiger partial charge is 0.383 e. The van der Waals surface area contributed by atoms with E-state index in [1.807, 2.05) is 0 Å². The predicted octanol–water partition coefficient (Wildman–Crippen LogP) is 0.886. The molecule has 0 aliphatic rings. The first-order valence-corrected chi connectivity index (χ1v) is 3.62. The second kappa shape index (κ2) is 3.37. The van der Waals surface area contributed by atoms with E-state index < -0.39 is 18.7 Å². The van der Waals surface area contributed by atoms with E-state index in [1.54, 1.807) is 7.05 Å². The van der Waals surface area contributed by atoms with Crippen molar-refractivity contribution in [1.29, 1.82) is 0 Å². The molecule has 0 aliphatic heterocycles. The standard InChI is InChI=1S/C7H9F3N2O/c1-12-3-2-11-6(12)4-5(13)7(8,9)10/h2-3,5,13H,4H2,1H3/t5-/m0/s1. The van der Waals surface area contributed by atoms with E-state index in [0.29, 0.717) is 0 Å². The number of hydrogen-bond donors (Lipinski definition) is 1. The van der Waals surface area contributed by atoms with E-state index >= 15 is 0 Å². The summed E-state index contributed by atoms with van der Waals surface area (Å²) in [7, 11) is 1.57. The fourth-order valence-corrected chi connectivity index (χ4v) is 0.882. The molecule has 0 aromatic carbocycles. The molecular weight excluding hydrogens is 185 g/mol. The lowest BCUT2D eigenvalue weighted by atomic mass is 10.2. The zero-order chi connectivity index (χ0) is 10.1. The molecule has 1 heterocycles. The third kappa shape index (κ3) is 2.45. The molecular formula is C7H9F3N2O. The largest absolute Gasteiger partial charge is 0.414 e. The Morgan fingerprint density at radius 2 is 2.23 bits per heavy atom. The van der Waals surface area contributed by atoms with Crippen LogP contribution in [0.1, 0.15) is 5.82 Å². The Hall–Kier alpha value is -1.04. The molecule has 0 radical (unpaired) electrons. The Kier molecular flexibility index (Phi) is 2.60. The number of imidazole rings is 1. The highest BCUT2D eigenvalue weighted by Gasteiger charge is 2.38. The molecule has 74 valence electrons. The quantitative estimate of drug-likeness (QED) is 0.759. The van der Waals surface area contributed by atoms with Gasteiger partial charge in [-0.3, -0.25) is 0 Å². The molecule has 0 aliphatic carbocycles. The highest BCUT2D eigenvalue weighted by atomic mass is 19.4. The molecule has 13 heavy (non-hydrogen) atoms. The van der Waals surface area contributed by atoms with Crippen molar-refractivity contribution < 1.29 is 18.3 Å². The minimum Gasteiger partial charge on any atom is -0.383 e. The number of aliphatic hydroxyl groups excluding tert-OH is 1. The molecule has 3 nitrogen and oxygen atoms in total. The van der Waals surface area contributed by atoms with Crippen LogP contribution in [0, 0.1) is 0 Å². The van der Waals surface area contributed by atoms with Gasteiger partial charge < -0.3 is 9.67 Å². The summed E-state index contributed by atoms with van der Waals surface area (Å²) >= 11 is 0. The van der Waals surface area contributed by atoms with Crippen LogP contribution in [-0.2, 0) is 13.5 Å². The molecule has 0 fully saturated rings. The summed E-state index contributed by atoms with van der Waals surface area (Å²) in [6.45, 7) is 0. The molecule has 1 rings (SSSR count). The van der Waals surface area contributed by atoms with Gasteiger partial charge in [-0.1, -0.05) is 0 Å². The van der Waals surface area contributed by atoms with Crippen molar-refractivity contribution in [2.75, 3.05) is 0 Å². The Bertz CT molecular complexity index is 282. The van der Waals surface area contributed by atoms with E-state index in [2.05, 4.69) is 4.98 Å². The monoisotopic (exact) mass is 194 g/mol. The van der Waals surface area contributed by atoms with Crippen LogP contribution < -0.4 is 0 Å². The van der Waals surface area contributed by atoms with Gasteiger partial charge in [0.25, 0.3) is 0 Å². The lowest BCUT2D eigenvalue weighted by Gasteiger charge is -2.13. The summed E-state index contributed by atoms with van der Waals surface area (Å²) in [6, 6.07) is 0. The summed E-state index contributed by atoms with van der Waals surface area (Å²) in [5.41, 5.74) is 0. The van der Waals surface area contributed by atoms with Crippen LogP contribution in [0.25, 0.3) is 0 Å². The second-order valence-electron chi connectivity index (χ2n) is 2.72. The van der Waals surface area contributed by atoms with Crippen LogP contribution in [0.4, 0.5) is 13.2 Å². The number of aromatic nitrogens is 2. The van der Waals surface area contributed by atoms with Crippen LogP contribution in [0.5, 0.6) is 0 Å². The zero-order valence-corrected chi connectivity index (χ0v) is 6.91. The molecule has 0 amide bonds. The van der Waals surface area contributed by atoms with E-state index in [-0.39, 0.29) is 5.82 Å². The van der Waals surface area contributed by atoms with Gasteiger partial charge in [-0.05, 0) is 0 Å². The Labute approximate surface area is 72.8 Å². The van der Waals surface area contributed by atoms with Crippen molar-refractivity contribution in [2.45, 2.75) is 18.7 Å². The van der Waals surface area contributed by atoms with Crippen LogP contribution in [0.2, 0.25) is 0 Å². The number of aryl methyl sites for hydroxylation is 1. The Morgan fingerprint density at radius 3 is 2.62 bits per heavy atom. The van der Waals surface area contributed by atoms with Crippen LogP contribution >= 0.6 is 0 Å². The van der Waals surface area contributed by atoms with Gasteiger partial charge in [-0.2, -0.15) is 13.2 Å². The summed E-state index contributed by atoms with van der Waals surface area (Å²) in [6.07, 6.45) is -4.51. The van der Waals surface area contributed by atoms with Gasteiger partial charge in [0.15, 0.2) is 6.10 Å². The van der Waals surface area contributed by atoms with Crippen molar-refractivity contribution in [3.63, 3.8) is 0 Å². The van der Waals surface area contributed by atoms with Gasteiger partial charge in [0.2, 0.25) is 0 Å². The average molecular weight is 194 g/mol. The van der Waals surface area contributed by atoms with Gasteiger partial charge in [-0.25, -0.2) is 4.98 Å². The third-order valence-electron chi connectivity index (χ3n) is 1.67. The number of nitrogens with zero attached hydrogens (tertiary/aromatic N) is 2. The molecule has 0 saturated heterocycles. The Morgan fingerprint density at radius 1 is 1.62 bits per heavy atom. The van der Waals surface area contributed by atoms with Gasteiger partial charge in [0, 0.05) is 25.9 Å². The minimum atomic E-state index is -4.58. The maximum absolute atomic E-state index is 11.9. The number of aliphatic hydroxyl groups is 1. The van der Waals surface area contributed by atoms with Crippen LogP contribution in [0.3, 0.4) is 0 Å². The van der Waals surface area contributed by atoms with Crippen molar-refractivity contribution in [1.82, 2.24) is 9.55 Å². The molecule has 1 atom stereocenters. The Balaban J connectivity index is 2.65. The fraction of sp³-hybridized carbons (Fsp3) is 0.571. The van der Waals surface area contributed by atoms with E-state index in [0.717, 1.165) is 0 Å². The normalized spacial score (nSPS) is 14.5. The summed E-state index contributed by atoms with van der Waals surface area (Å²) in [4.78, 5) is 3.67. The molecule has 1 N–H and O–H groups in total. The number of rotatable bonds is 2. The highest BCUT2D eigenvalue weighted by molar-refractivity contribution is 4.94. The summed E-state index contributed by atoms with van der Waals surface area (Å²) in [5.74, 6) is 0.213. The van der Waals surface area contributed by atoms with Crippen molar-refractivity contribution in [3.05, 3.63) is 18.2 Å². The third-order valence-corrected chi connectivity index (χ3v) is 1.67. The highest BCUT2D eigenvalue weighted by Crippen LogP contribution is 2.22. The van der Waals surface area contributed by atoms with Crippen molar-refractivity contribution >= 4 is 0 Å². The SMILES string of the molecule is Cn1ccnc1C[C@H](O)C(F)(F)F. The molecule has 0 bridgehead atoms. The zero-order valence-electron chi connectivity index (χ0n) is 6.91. The van der Waals surface area contributed by atoms with Gasteiger partial charge in [0.1, 0.15) is 5.82 Å². The summed E-state index contributed by atoms with van der Waals surface area (Å²) in [5, 5.41) is 8.70. The number of hydrogen-bond acceptors (Lipinski definition) is 2. The second-order valence-corrected chi connectivity index (χ2v) is 2.72. The first-order valence-electron chi connectivity index (χ1n) is 3.62. The number of alkyl halides is 3. The molecule has 1 aromatic rings. The van der Waals surface area contributed by atoms with Crippen LogP contribution in [-0.4, -0.2) is 26.9 Å². The molecule has 0 spiro atoms. The van der Waals surface area contributed by atoms with E-state index in [4.69, 9.17) is 5.11 Å².